The molecule has 0 unspecified atom stereocenters. The van der Waals surface area contributed by atoms with Crippen molar-refractivity contribution in [2.45, 2.75) is 104 Å². The van der Waals surface area contributed by atoms with E-state index in [2.05, 4.69) is 19.2 Å². The molecule has 4 heteroatoms. The Morgan fingerprint density at radius 1 is 0.800 bits per heavy atom. The second kappa shape index (κ2) is 18.1. The van der Waals surface area contributed by atoms with Crippen LogP contribution in [0.4, 0.5) is 5.69 Å². The van der Waals surface area contributed by atoms with Crippen molar-refractivity contribution in [3.63, 3.8) is 0 Å². The number of benzene rings is 1. The Hall–Kier alpha value is -1.71. The summed E-state index contributed by atoms with van der Waals surface area (Å²) < 4.78 is 10.9. The molecule has 1 rings (SSSR count). The first kappa shape index (κ1) is 26.3. The third-order valence-electron chi connectivity index (χ3n) is 5.51. The van der Waals surface area contributed by atoms with E-state index in [1.54, 1.807) is 13.2 Å². The van der Waals surface area contributed by atoms with Crippen molar-refractivity contribution in [3.8, 4) is 5.75 Å². The second-order valence-electron chi connectivity index (χ2n) is 8.22. The number of carbonyl (C=O) groups excluding carboxylic acids is 1. The molecular weight excluding hydrogens is 374 g/mol. The van der Waals surface area contributed by atoms with Gasteiger partial charge >= 0.3 is 5.97 Å². The van der Waals surface area contributed by atoms with Crippen LogP contribution in [-0.2, 0) is 4.74 Å². The zero-order valence-corrected chi connectivity index (χ0v) is 19.8. The van der Waals surface area contributed by atoms with Crippen LogP contribution in [0.1, 0.15) is 114 Å². The van der Waals surface area contributed by atoms with Crippen molar-refractivity contribution in [3.05, 3.63) is 23.8 Å². The predicted molar refractivity (Wildman–Crippen MR) is 128 cm³/mol. The summed E-state index contributed by atoms with van der Waals surface area (Å²) >= 11 is 0. The van der Waals surface area contributed by atoms with Gasteiger partial charge in [-0.25, -0.2) is 4.79 Å². The minimum absolute atomic E-state index is 0.266. The van der Waals surface area contributed by atoms with Crippen LogP contribution in [-0.4, -0.2) is 26.2 Å². The molecule has 0 heterocycles. The first-order valence-corrected chi connectivity index (χ1v) is 12.3. The topological polar surface area (TPSA) is 47.6 Å². The summed E-state index contributed by atoms with van der Waals surface area (Å²) in [6.45, 7) is 5.89. The van der Waals surface area contributed by atoms with Crippen LogP contribution in [0.5, 0.6) is 5.75 Å². The van der Waals surface area contributed by atoms with Gasteiger partial charge in [0, 0.05) is 6.54 Å². The van der Waals surface area contributed by atoms with Crippen LogP contribution in [0.2, 0.25) is 0 Å². The fourth-order valence-electron chi connectivity index (χ4n) is 3.58. The van der Waals surface area contributed by atoms with Crippen molar-refractivity contribution in [1.82, 2.24) is 0 Å². The summed E-state index contributed by atoms with van der Waals surface area (Å²) in [5, 5.41) is 3.44. The van der Waals surface area contributed by atoms with E-state index in [9.17, 15) is 4.79 Å². The molecule has 0 aliphatic carbocycles. The molecule has 0 spiro atoms. The van der Waals surface area contributed by atoms with E-state index in [1.807, 2.05) is 12.1 Å². The highest BCUT2D eigenvalue weighted by Gasteiger charge is 2.11. The van der Waals surface area contributed by atoms with Gasteiger partial charge in [0.2, 0.25) is 0 Å². The van der Waals surface area contributed by atoms with Crippen LogP contribution in [0.3, 0.4) is 0 Å². The maximum Gasteiger partial charge on any atom is 0.338 e. The van der Waals surface area contributed by atoms with E-state index in [0.717, 1.165) is 31.5 Å². The van der Waals surface area contributed by atoms with Gasteiger partial charge in [-0.15, -0.1) is 0 Å². The summed E-state index contributed by atoms with van der Waals surface area (Å²) in [6, 6.07) is 5.52. The smallest absolute Gasteiger partial charge is 0.338 e. The maximum atomic E-state index is 12.3. The number of ether oxygens (including phenoxy) is 2. The van der Waals surface area contributed by atoms with Crippen LogP contribution < -0.4 is 10.1 Å². The molecule has 0 saturated heterocycles. The van der Waals surface area contributed by atoms with E-state index in [-0.39, 0.29) is 5.97 Å². The lowest BCUT2D eigenvalue weighted by Gasteiger charge is -2.13. The van der Waals surface area contributed by atoms with E-state index in [1.165, 1.54) is 70.6 Å². The number of methoxy groups -OCH3 is 1. The Kier molecular flexibility index (Phi) is 15.9. The van der Waals surface area contributed by atoms with Gasteiger partial charge in [-0.05, 0) is 31.0 Å². The van der Waals surface area contributed by atoms with Gasteiger partial charge in [0.15, 0.2) is 0 Å². The number of nitrogens with one attached hydrogen (secondary N) is 1. The SMILES string of the molecule is CCCCCCCCCNc1ccc(C(=O)OCCCCCCCCC)cc1OC. The quantitative estimate of drug-likeness (QED) is 0.184. The first-order chi connectivity index (χ1) is 14.7. The summed E-state index contributed by atoms with van der Waals surface area (Å²) in [7, 11) is 1.64. The summed E-state index contributed by atoms with van der Waals surface area (Å²) in [5.74, 6) is 0.432. The minimum Gasteiger partial charge on any atom is -0.495 e. The average molecular weight is 420 g/mol. The monoisotopic (exact) mass is 419 g/mol. The third kappa shape index (κ3) is 12.1. The molecule has 4 nitrogen and oxygen atoms in total. The van der Waals surface area contributed by atoms with E-state index in [4.69, 9.17) is 9.47 Å². The van der Waals surface area contributed by atoms with Gasteiger partial charge < -0.3 is 14.8 Å². The van der Waals surface area contributed by atoms with Crippen molar-refractivity contribution in [2.24, 2.45) is 0 Å². The molecule has 1 aromatic carbocycles. The van der Waals surface area contributed by atoms with Crippen LogP contribution in [0.25, 0.3) is 0 Å². The van der Waals surface area contributed by atoms with E-state index in [0.29, 0.717) is 17.9 Å². The lowest BCUT2D eigenvalue weighted by Crippen LogP contribution is -2.08. The standard InChI is InChI=1S/C26H45NO3/c1-4-6-8-10-12-14-16-20-27-24-19-18-23(22-25(24)29-3)26(28)30-21-17-15-13-11-9-7-5-2/h18-19,22,27H,4-17,20-21H2,1-3H3. The largest absolute Gasteiger partial charge is 0.495 e. The number of unbranched alkanes of at least 4 members (excludes halogenated alkanes) is 12. The predicted octanol–water partition coefficient (Wildman–Crippen LogP) is 7.77. The Morgan fingerprint density at radius 3 is 1.97 bits per heavy atom. The molecule has 0 bridgehead atoms. The number of hydrogen-bond acceptors (Lipinski definition) is 4. The van der Waals surface area contributed by atoms with Gasteiger partial charge in [-0.1, -0.05) is 90.9 Å². The van der Waals surface area contributed by atoms with Gasteiger partial charge in [0.1, 0.15) is 5.75 Å². The molecule has 1 aromatic rings. The lowest BCUT2D eigenvalue weighted by molar-refractivity contribution is 0.0497. The molecule has 172 valence electrons. The molecule has 0 aliphatic rings. The fraction of sp³-hybridized carbons (Fsp3) is 0.731. The molecule has 30 heavy (non-hydrogen) atoms. The Morgan fingerprint density at radius 2 is 1.37 bits per heavy atom. The highest BCUT2D eigenvalue weighted by atomic mass is 16.5. The van der Waals surface area contributed by atoms with Gasteiger partial charge in [0.25, 0.3) is 0 Å². The normalized spacial score (nSPS) is 10.8. The number of rotatable bonds is 19. The van der Waals surface area contributed by atoms with Crippen LogP contribution in [0.15, 0.2) is 18.2 Å². The average Bonchev–Trinajstić information content (AvgIpc) is 2.77. The van der Waals surface area contributed by atoms with Crippen molar-refractivity contribution in [2.75, 3.05) is 25.6 Å². The highest BCUT2D eigenvalue weighted by molar-refractivity contribution is 5.90. The number of esters is 1. The zero-order chi connectivity index (χ0) is 21.9. The van der Waals surface area contributed by atoms with E-state index < -0.39 is 0 Å². The van der Waals surface area contributed by atoms with Gasteiger partial charge in [-0.3, -0.25) is 0 Å². The molecule has 0 atom stereocenters. The molecule has 0 radical (unpaired) electrons. The van der Waals surface area contributed by atoms with Crippen molar-refractivity contribution in [1.29, 1.82) is 0 Å². The first-order valence-electron chi connectivity index (χ1n) is 12.3. The fourth-order valence-corrected chi connectivity index (χ4v) is 3.58. The van der Waals surface area contributed by atoms with Gasteiger partial charge in [0.05, 0.1) is 25.0 Å². The summed E-state index contributed by atoms with van der Waals surface area (Å²) in [6.07, 6.45) is 17.5. The number of carbonyl (C=O) groups is 1. The van der Waals surface area contributed by atoms with Crippen LogP contribution >= 0.6 is 0 Å². The molecule has 0 aromatic heterocycles. The maximum absolute atomic E-state index is 12.3. The summed E-state index contributed by atoms with van der Waals surface area (Å²) in [4.78, 5) is 12.3. The molecular formula is C26H45NO3. The van der Waals surface area contributed by atoms with Crippen molar-refractivity contribution >= 4 is 11.7 Å². The van der Waals surface area contributed by atoms with Crippen molar-refractivity contribution < 1.29 is 14.3 Å². The second-order valence-corrected chi connectivity index (χ2v) is 8.22. The zero-order valence-electron chi connectivity index (χ0n) is 19.8. The van der Waals surface area contributed by atoms with E-state index >= 15 is 0 Å². The van der Waals surface area contributed by atoms with Gasteiger partial charge in [-0.2, -0.15) is 0 Å². The number of anilines is 1. The third-order valence-corrected chi connectivity index (χ3v) is 5.51. The Labute approximate surface area is 185 Å². The van der Waals surface area contributed by atoms with Crippen LogP contribution in [0, 0.1) is 0 Å². The molecule has 1 N–H and O–H groups in total. The molecule has 0 amide bonds. The molecule has 0 fully saturated rings. The Balaban J connectivity index is 2.27. The molecule has 0 saturated carbocycles. The summed E-state index contributed by atoms with van der Waals surface area (Å²) in [5.41, 5.74) is 1.49. The Bertz CT molecular complexity index is 559. The number of hydrogen-bond donors (Lipinski definition) is 1. The molecule has 0 aliphatic heterocycles. The lowest BCUT2D eigenvalue weighted by atomic mass is 10.1. The minimum atomic E-state index is -0.266. The highest BCUT2D eigenvalue weighted by Crippen LogP contribution is 2.26.